The zero-order valence-corrected chi connectivity index (χ0v) is 20.9. The first kappa shape index (κ1) is 24.6. The third-order valence-electron chi connectivity index (χ3n) is 4.79. The van der Waals surface area contributed by atoms with Gasteiger partial charge in [0.25, 0.3) is 5.91 Å². The molecule has 1 amide bonds. The average Bonchev–Trinajstić information content (AvgIpc) is 3.37. The fraction of sp³-hybridized carbons (Fsp3) is 0.455. The molecule has 0 saturated carbocycles. The van der Waals surface area contributed by atoms with Crippen molar-refractivity contribution in [1.29, 1.82) is 0 Å². The van der Waals surface area contributed by atoms with Crippen LogP contribution >= 0.6 is 35.3 Å². The second kappa shape index (κ2) is 12.3. The van der Waals surface area contributed by atoms with E-state index in [0.29, 0.717) is 13.2 Å². The maximum atomic E-state index is 12.2. The van der Waals surface area contributed by atoms with E-state index in [1.165, 1.54) is 9.75 Å². The number of nitrogens with zero attached hydrogens (tertiary/aromatic N) is 1. The van der Waals surface area contributed by atoms with Crippen LogP contribution in [0.2, 0.25) is 0 Å². The Morgan fingerprint density at radius 2 is 2.17 bits per heavy atom. The van der Waals surface area contributed by atoms with Gasteiger partial charge in [0.15, 0.2) is 5.96 Å². The van der Waals surface area contributed by atoms with Crippen molar-refractivity contribution in [3.05, 3.63) is 51.7 Å². The molecule has 1 aliphatic rings. The Kier molecular flexibility index (Phi) is 10.1. The molecule has 2 atom stereocenters. The molecule has 164 valence electrons. The number of guanidine groups is 1. The van der Waals surface area contributed by atoms with Crippen LogP contribution in [0.3, 0.4) is 0 Å². The number of rotatable bonds is 7. The number of carbonyl (C=O) groups is 1. The maximum absolute atomic E-state index is 12.2. The smallest absolute Gasteiger partial charge is 0.253 e. The highest BCUT2D eigenvalue weighted by Crippen LogP contribution is 2.17. The Morgan fingerprint density at radius 1 is 1.33 bits per heavy atom. The summed E-state index contributed by atoms with van der Waals surface area (Å²) in [6.07, 6.45) is 2.37. The fourth-order valence-corrected chi connectivity index (χ4v) is 4.35. The molecule has 0 radical (unpaired) electrons. The zero-order chi connectivity index (χ0) is 20.6. The third-order valence-corrected chi connectivity index (χ3v) is 5.81. The Morgan fingerprint density at radius 3 is 2.83 bits per heavy atom. The lowest BCUT2D eigenvalue weighted by Crippen LogP contribution is -2.42. The van der Waals surface area contributed by atoms with E-state index in [1.54, 1.807) is 7.05 Å². The number of aryl methyl sites for hydroxylation is 1. The molecule has 1 aromatic heterocycles. The van der Waals surface area contributed by atoms with Crippen LogP contribution in [-0.4, -0.2) is 37.7 Å². The molecule has 0 bridgehead atoms. The van der Waals surface area contributed by atoms with Crippen molar-refractivity contribution in [2.24, 2.45) is 4.99 Å². The van der Waals surface area contributed by atoms with Crippen molar-refractivity contribution in [3.63, 3.8) is 0 Å². The molecule has 0 aliphatic carbocycles. The second-order valence-electron chi connectivity index (χ2n) is 7.38. The Balaban J connectivity index is 0.00000320. The monoisotopic (exact) mass is 542 g/mol. The van der Waals surface area contributed by atoms with Gasteiger partial charge in [-0.3, -0.25) is 9.79 Å². The average molecular weight is 542 g/mol. The molecule has 6 nitrogen and oxygen atoms in total. The van der Waals surface area contributed by atoms with Gasteiger partial charge in [0, 0.05) is 48.1 Å². The molecular weight excluding hydrogens is 511 g/mol. The van der Waals surface area contributed by atoms with E-state index in [-0.39, 0.29) is 42.0 Å². The van der Waals surface area contributed by atoms with Crippen molar-refractivity contribution < 1.29 is 9.53 Å². The molecule has 1 aliphatic heterocycles. The predicted molar refractivity (Wildman–Crippen MR) is 135 cm³/mol. The van der Waals surface area contributed by atoms with Gasteiger partial charge < -0.3 is 20.7 Å². The van der Waals surface area contributed by atoms with Crippen molar-refractivity contribution >= 4 is 52.9 Å². The van der Waals surface area contributed by atoms with Crippen LogP contribution in [0.15, 0.2) is 41.4 Å². The third kappa shape index (κ3) is 7.55. The molecule has 0 spiro atoms. The Labute approximate surface area is 199 Å². The molecule has 1 fully saturated rings. The van der Waals surface area contributed by atoms with Gasteiger partial charge in [-0.2, -0.15) is 0 Å². The highest BCUT2D eigenvalue weighted by molar-refractivity contribution is 14.0. The van der Waals surface area contributed by atoms with E-state index in [0.717, 1.165) is 36.5 Å². The van der Waals surface area contributed by atoms with Crippen LogP contribution in [0.1, 0.15) is 35.1 Å². The van der Waals surface area contributed by atoms with Crippen molar-refractivity contribution in [2.75, 3.05) is 19.0 Å². The SMILES string of the molecule is CN=C(NCc1cccc(NC(=O)C2CCCO2)c1)NC(C)Cc1ccc(C)s1.I. The largest absolute Gasteiger partial charge is 0.368 e. The van der Waals surface area contributed by atoms with Gasteiger partial charge in [-0.15, -0.1) is 35.3 Å². The predicted octanol–water partition coefficient (Wildman–Crippen LogP) is 4.09. The van der Waals surface area contributed by atoms with E-state index in [1.807, 2.05) is 35.6 Å². The molecular formula is C22H31IN4O2S. The number of amides is 1. The fourth-order valence-electron chi connectivity index (χ4n) is 3.33. The van der Waals surface area contributed by atoms with E-state index < -0.39 is 0 Å². The van der Waals surface area contributed by atoms with Gasteiger partial charge in [-0.05, 0) is 56.5 Å². The number of hydrogen-bond donors (Lipinski definition) is 3. The van der Waals surface area contributed by atoms with Crippen molar-refractivity contribution in [3.8, 4) is 0 Å². The number of ether oxygens (including phenoxy) is 1. The van der Waals surface area contributed by atoms with Gasteiger partial charge in [0.1, 0.15) is 6.10 Å². The molecule has 2 unspecified atom stereocenters. The van der Waals surface area contributed by atoms with Crippen LogP contribution < -0.4 is 16.0 Å². The number of carbonyl (C=O) groups excluding carboxylic acids is 1. The first-order chi connectivity index (χ1) is 14.0. The van der Waals surface area contributed by atoms with Crippen LogP contribution in [-0.2, 0) is 22.5 Å². The Bertz CT molecular complexity index is 849. The zero-order valence-electron chi connectivity index (χ0n) is 17.7. The second-order valence-corrected chi connectivity index (χ2v) is 8.75. The van der Waals surface area contributed by atoms with Gasteiger partial charge in [0.2, 0.25) is 0 Å². The molecule has 2 aromatic rings. The first-order valence-corrected chi connectivity index (χ1v) is 10.9. The van der Waals surface area contributed by atoms with E-state index >= 15 is 0 Å². The number of hydrogen-bond acceptors (Lipinski definition) is 4. The summed E-state index contributed by atoms with van der Waals surface area (Å²) in [5, 5.41) is 9.74. The van der Waals surface area contributed by atoms with Crippen molar-refractivity contribution in [1.82, 2.24) is 10.6 Å². The van der Waals surface area contributed by atoms with Gasteiger partial charge in [-0.25, -0.2) is 0 Å². The maximum Gasteiger partial charge on any atom is 0.253 e. The summed E-state index contributed by atoms with van der Waals surface area (Å²) in [7, 11) is 1.77. The summed E-state index contributed by atoms with van der Waals surface area (Å²) >= 11 is 1.83. The van der Waals surface area contributed by atoms with Crippen molar-refractivity contribution in [2.45, 2.75) is 51.8 Å². The van der Waals surface area contributed by atoms with Crippen LogP contribution in [0.25, 0.3) is 0 Å². The summed E-state index contributed by atoms with van der Waals surface area (Å²) in [6, 6.07) is 12.5. The minimum absolute atomic E-state index is 0. The molecule has 2 heterocycles. The molecule has 3 rings (SSSR count). The molecule has 8 heteroatoms. The van der Waals surface area contributed by atoms with Gasteiger partial charge in [0.05, 0.1) is 0 Å². The van der Waals surface area contributed by atoms with Crippen LogP contribution in [0, 0.1) is 6.92 Å². The summed E-state index contributed by atoms with van der Waals surface area (Å²) in [6.45, 7) is 5.57. The van der Waals surface area contributed by atoms with E-state index in [2.05, 4.69) is 46.9 Å². The summed E-state index contributed by atoms with van der Waals surface area (Å²) in [4.78, 5) is 19.3. The highest BCUT2D eigenvalue weighted by atomic mass is 127. The molecule has 3 N–H and O–H groups in total. The molecule has 30 heavy (non-hydrogen) atoms. The van der Waals surface area contributed by atoms with Crippen LogP contribution in [0.4, 0.5) is 5.69 Å². The lowest BCUT2D eigenvalue weighted by molar-refractivity contribution is -0.124. The lowest BCUT2D eigenvalue weighted by atomic mass is 10.2. The topological polar surface area (TPSA) is 74.8 Å². The normalized spacial score (nSPS) is 17.2. The number of nitrogens with one attached hydrogen (secondary N) is 3. The molecule has 1 saturated heterocycles. The van der Waals surface area contributed by atoms with Crippen LogP contribution in [0.5, 0.6) is 0 Å². The standard InChI is InChI=1S/C22H30N4O2S.HI/c1-15(12-19-10-9-16(2)29-19)25-22(23-3)24-14-17-6-4-7-18(13-17)26-21(27)20-8-5-11-28-20;/h4,6-7,9-10,13,15,20H,5,8,11-12,14H2,1-3H3,(H,26,27)(H2,23,24,25);1H. The molecule has 1 aromatic carbocycles. The highest BCUT2D eigenvalue weighted by Gasteiger charge is 2.23. The van der Waals surface area contributed by atoms with E-state index in [4.69, 9.17) is 4.74 Å². The minimum atomic E-state index is -0.326. The summed E-state index contributed by atoms with van der Waals surface area (Å²) < 4.78 is 5.44. The minimum Gasteiger partial charge on any atom is -0.368 e. The van der Waals surface area contributed by atoms with E-state index in [9.17, 15) is 4.79 Å². The number of benzene rings is 1. The number of aliphatic imine (C=N–C) groups is 1. The quantitative estimate of drug-likeness (QED) is 0.280. The summed E-state index contributed by atoms with van der Waals surface area (Å²) in [5.74, 6) is 0.697. The Hall–Kier alpha value is -1.65. The first-order valence-electron chi connectivity index (χ1n) is 10.1. The number of thiophene rings is 1. The van der Waals surface area contributed by atoms with Gasteiger partial charge >= 0.3 is 0 Å². The summed E-state index contributed by atoms with van der Waals surface area (Å²) in [5.41, 5.74) is 1.86. The van der Waals surface area contributed by atoms with Gasteiger partial charge in [-0.1, -0.05) is 12.1 Å². The number of anilines is 1. The lowest BCUT2D eigenvalue weighted by Gasteiger charge is -2.18. The number of halogens is 1.